The van der Waals surface area contributed by atoms with Crippen LogP contribution in [0.3, 0.4) is 0 Å². The second-order valence-electron chi connectivity index (χ2n) is 6.82. The number of anilines is 1. The Morgan fingerprint density at radius 3 is 2.65 bits per heavy atom. The molecule has 4 nitrogen and oxygen atoms in total. The van der Waals surface area contributed by atoms with Crippen molar-refractivity contribution in [3.63, 3.8) is 0 Å². The van der Waals surface area contributed by atoms with E-state index in [-0.39, 0.29) is 11.0 Å². The molecule has 4 heteroatoms. The van der Waals surface area contributed by atoms with E-state index in [4.69, 9.17) is 14.7 Å². The van der Waals surface area contributed by atoms with Crippen molar-refractivity contribution in [3.8, 4) is 0 Å². The molecular weight excluding hydrogens is 250 g/mol. The summed E-state index contributed by atoms with van der Waals surface area (Å²) in [7, 11) is 0. The molecule has 1 atom stereocenters. The van der Waals surface area contributed by atoms with Crippen molar-refractivity contribution < 1.29 is 4.74 Å². The lowest BCUT2D eigenvalue weighted by Crippen LogP contribution is -2.27. The van der Waals surface area contributed by atoms with Crippen molar-refractivity contribution in [2.75, 3.05) is 18.5 Å². The van der Waals surface area contributed by atoms with Crippen LogP contribution in [0.4, 0.5) is 5.82 Å². The van der Waals surface area contributed by atoms with E-state index in [1.54, 1.807) is 0 Å². The van der Waals surface area contributed by atoms with Crippen LogP contribution in [0, 0.1) is 0 Å². The van der Waals surface area contributed by atoms with Gasteiger partial charge in [0, 0.05) is 24.6 Å². The summed E-state index contributed by atoms with van der Waals surface area (Å²) in [5.74, 6) is 1.74. The Kier molecular flexibility index (Phi) is 4.33. The molecule has 1 aromatic heterocycles. The maximum absolute atomic E-state index is 5.90. The standard InChI is InChI=1S/C16H27N3O/c1-6-9-17-13-11-12(15(2,3)4)18-14(19-13)16(5)8-7-10-20-16/h11H,6-10H2,1-5H3,(H,17,18,19). The molecule has 2 heterocycles. The maximum Gasteiger partial charge on any atom is 0.162 e. The second-order valence-corrected chi connectivity index (χ2v) is 6.82. The molecule has 1 aromatic rings. The third kappa shape index (κ3) is 3.29. The van der Waals surface area contributed by atoms with Crippen molar-refractivity contribution in [2.45, 2.75) is 64.9 Å². The first-order chi connectivity index (χ1) is 9.35. The minimum absolute atomic E-state index is 0.00923. The first-order valence-electron chi connectivity index (χ1n) is 7.63. The van der Waals surface area contributed by atoms with Crippen LogP contribution in [-0.4, -0.2) is 23.1 Å². The largest absolute Gasteiger partial charge is 0.370 e. The van der Waals surface area contributed by atoms with Gasteiger partial charge in [-0.1, -0.05) is 27.7 Å². The van der Waals surface area contributed by atoms with Gasteiger partial charge in [0.25, 0.3) is 0 Å². The minimum Gasteiger partial charge on any atom is -0.370 e. The van der Waals surface area contributed by atoms with Crippen LogP contribution in [0.25, 0.3) is 0 Å². The lowest BCUT2D eigenvalue weighted by atomic mass is 9.91. The molecule has 1 fully saturated rings. The van der Waals surface area contributed by atoms with Crippen LogP contribution in [0.1, 0.15) is 65.4 Å². The fourth-order valence-corrected chi connectivity index (χ4v) is 2.37. The smallest absolute Gasteiger partial charge is 0.162 e. The van der Waals surface area contributed by atoms with E-state index in [1.807, 2.05) is 0 Å². The molecule has 0 spiro atoms. The summed E-state index contributed by atoms with van der Waals surface area (Å²) < 4.78 is 5.90. The lowest BCUT2D eigenvalue weighted by molar-refractivity contribution is 0.00913. The molecule has 0 aromatic carbocycles. The molecule has 0 radical (unpaired) electrons. The fraction of sp³-hybridized carbons (Fsp3) is 0.750. The average molecular weight is 277 g/mol. The van der Waals surface area contributed by atoms with Gasteiger partial charge >= 0.3 is 0 Å². The van der Waals surface area contributed by atoms with Gasteiger partial charge in [0.05, 0.1) is 5.69 Å². The van der Waals surface area contributed by atoms with E-state index in [9.17, 15) is 0 Å². The molecule has 1 saturated heterocycles. The number of nitrogens with zero attached hydrogens (tertiary/aromatic N) is 2. The van der Waals surface area contributed by atoms with Crippen LogP contribution in [-0.2, 0) is 15.8 Å². The lowest BCUT2D eigenvalue weighted by Gasteiger charge is -2.26. The van der Waals surface area contributed by atoms with E-state index in [1.165, 1.54) is 0 Å². The van der Waals surface area contributed by atoms with Gasteiger partial charge in [0.1, 0.15) is 11.4 Å². The number of ether oxygens (including phenoxy) is 1. The normalized spacial score (nSPS) is 23.1. The van der Waals surface area contributed by atoms with Gasteiger partial charge in [-0.05, 0) is 26.2 Å². The monoisotopic (exact) mass is 277 g/mol. The molecule has 0 saturated carbocycles. The molecule has 1 aliphatic rings. The number of nitrogens with one attached hydrogen (secondary N) is 1. The highest BCUT2D eigenvalue weighted by Gasteiger charge is 2.36. The second kappa shape index (κ2) is 5.68. The average Bonchev–Trinajstić information content (AvgIpc) is 2.83. The molecule has 1 N–H and O–H groups in total. The first kappa shape index (κ1) is 15.2. The molecule has 0 bridgehead atoms. The van der Waals surface area contributed by atoms with Gasteiger partial charge in [0.15, 0.2) is 5.82 Å². The molecule has 20 heavy (non-hydrogen) atoms. The van der Waals surface area contributed by atoms with Gasteiger partial charge in [-0.3, -0.25) is 0 Å². The zero-order valence-corrected chi connectivity index (χ0v) is 13.4. The van der Waals surface area contributed by atoms with Crippen LogP contribution in [0.2, 0.25) is 0 Å². The highest BCUT2D eigenvalue weighted by atomic mass is 16.5. The summed E-state index contributed by atoms with van der Waals surface area (Å²) in [5, 5.41) is 3.38. The van der Waals surface area contributed by atoms with Gasteiger partial charge in [0.2, 0.25) is 0 Å². The third-order valence-electron chi connectivity index (χ3n) is 3.74. The summed E-state index contributed by atoms with van der Waals surface area (Å²) in [4.78, 5) is 9.48. The zero-order chi connectivity index (χ0) is 14.8. The number of hydrogen-bond acceptors (Lipinski definition) is 4. The summed E-state index contributed by atoms with van der Waals surface area (Å²) >= 11 is 0. The van der Waals surface area contributed by atoms with Gasteiger partial charge in [-0.2, -0.15) is 0 Å². The molecule has 2 rings (SSSR count). The van der Waals surface area contributed by atoms with Crippen molar-refractivity contribution in [2.24, 2.45) is 0 Å². The topological polar surface area (TPSA) is 47.0 Å². The molecule has 112 valence electrons. The van der Waals surface area contributed by atoms with Crippen molar-refractivity contribution >= 4 is 5.82 Å². The Labute approximate surface area is 122 Å². The predicted molar refractivity (Wildman–Crippen MR) is 82.1 cm³/mol. The summed E-state index contributed by atoms with van der Waals surface area (Å²) in [6.07, 6.45) is 3.16. The quantitative estimate of drug-likeness (QED) is 0.913. The highest BCUT2D eigenvalue weighted by molar-refractivity contribution is 5.38. The molecule has 1 aliphatic heterocycles. The maximum atomic E-state index is 5.90. The van der Waals surface area contributed by atoms with Crippen molar-refractivity contribution in [1.29, 1.82) is 0 Å². The molecule has 0 aliphatic carbocycles. The highest BCUT2D eigenvalue weighted by Crippen LogP contribution is 2.35. The first-order valence-corrected chi connectivity index (χ1v) is 7.63. The van der Waals surface area contributed by atoms with Crippen LogP contribution in [0.15, 0.2) is 6.07 Å². The fourth-order valence-electron chi connectivity index (χ4n) is 2.37. The van der Waals surface area contributed by atoms with E-state index in [0.29, 0.717) is 0 Å². The SMILES string of the molecule is CCCNc1cc(C(C)(C)C)nc(C2(C)CCCO2)n1. The summed E-state index contributed by atoms with van der Waals surface area (Å²) in [6.45, 7) is 12.5. The van der Waals surface area contributed by atoms with Crippen molar-refractivity contribution in [1.82, 2.24) is 9.97 Å². The Morgan fingerprint density at radius 2 is 2.10 bits per heavy atom. The number of hydrogen-bond donors (Lipinski definition) is 1. The molecule has 1 unspecified atom stereocenters. The zero-order valence-electron chi connectivity index (χ0n) is 13.4. The van der Waals surface area contributed by atoms with Crippen LogP contribution in [0.5, 0.6) is 0 Å². The Balaban J connectivity index is 2.40. The number of rotatable bonds is 4. The molecular formula is C16H27N3O. The van der Waals surface area contributed by atoms with Gasteiger partial charge in [-0.15, -0.1) is 0 Å². The van der Waals surface area contributed by atoms with E-state index < -0.39 is 0 Å². The van der Waals surface area contributed by atoms with E-state index >= 15 is 0 Å². The summed E-state index contributed by atoms with van der Waals surface area (Å²) in [5.41, 5.74) is 0.747. The Hall–Kier alpha value is -1.16. The van der Waals surface area contributed by atoms with E-state index in [0.717, 1.165) is 49.8 Å². The van der Waals surface area contributed by atoms with Crippen LogP contribution >= 0.6 is 0 Å². The van der Waals surface area contributed by atoms with Gasteiger partial charge in [-0.25, -0.2) is 9.97 Å². The molecule has 0 amide bonds. The summed E-state index contributed by atoms with van der Waals surface area (Å²) in [6, 6.07) is 2.07. The number of aromatic nitrogens is 2. The van der Waals surface area contributed by atoms with E-state index in [2.05, 4.69) is 46.0 Å². The van der Waals surface area contributed by atoms with Gasteiger partial charge < -0.3 is 10.1 Å². The van der Waals surface area contributed by atoms with Crippen molar-refractivity contribution in [3.05, 3.63) is 17.6 Å². The third-order valence-corrected chi connectivity index (χ3v) is 3.74. The Morgan fingerprint density at radius 1 is 1.35 bits per heavy atom. The van der Waals surface area contributed by atoms with Crippen LogP contribution < -0.4 is 5.32 Å². The predicted octanol–water partition coefficient (Wildman–Crippen LogP) is 3.62. The Bertz CT molecular complexity index is 459. The minimum atomic E-state index is -0.329.